The Morgan fingerprint density at radius 2 is 1.02 bits per heavy atom. The number of allylic oxidation sites excluding steroid dienone is 2. The molecule has 2 heterocycles. The maximum atomic E-state index is 9.75. The molecule has 260 valence electrons. The lowest BCUT2D eigenvalue weighted by Crippen LogP contribution is -2.07. The summed E-state index contributed by atoms with van der Waals surface area (Å²) in [7, 11) is 0. The van der Waals surface area contributed by atoms with E-state index in [9.17, 15) is 5.41 Å². The molecule has 8 aromatic carbocycles. The Hall–Kier alpha value is -7.23. The molecule has 0 saturated heterocycles. The summed E-state index contributed by atoms with van der Waals surface area (Å²) in [4.78, 5) is 0. The summed E-state index contributed by atoms with van der Waals surface area (Å²) >= 11 is 0. The van der Waals surface area contributed by atoms with E-state index in [1.54, 1.807) is 0 Å². The molecule has 0 aliphatic rings. The summed E-state index contributed by atoms with van der Waals surface area (Å²) in [6.45, 7) is 2.13. The highest BCUT2D eigenvalue weighted by Crippen LogP contribution is 2.45. The number of hydrogen-bond acceptors (Lipinski definition) is 2. The first-order valence-electron chi connectivity index (χ1n) is 18.7. The minimum absolute atomic E-state index is 0.467. The number of para-hydroxylation sites is 2. The van der Waals surface area contributed by atoms with Crippen molar-refractivity contribution < 1.29 is 4.42 Å². The maximum Gasteiger partial charge on any atom is 0.159 e. The van der Waals surface area contributed by atoms with Gasteiger partial charge in [0.1, 0.15) is 5.58 Å². The van der Waals surface area contributed by atoms with E-state index in [4.69, 9.17) is 4.42 Å². The van der Waals surface area contributed by atoms with Gasteiger partial charge in [-0.3, -0.25) is 5.41 Å². The Kier molecular flexibility index (Phi) is 7.85. The topological polar surface area (TPSA) is 41.9 Å². The van der Waals surface area contributed by atoms with Gasteiger partial charge >= 0.3 is 0 Å². The van der Waals surface area contributed by atoms with Crippen LogP contribution in [-0.2, 0) is 0 Å². The van der Waals surface area contributed by atoms with E-state index in [-0.39, 0.29) is 0 Å². The van der Waals surface area contributed by atoms with Crippen LogP contribution in [0.15, 0.2) is 199 Å². The highest BCUT2D eigenvalue weighted by atomic mass is 16.3. The van der Waals surface area contributed by atoms with Crippen molar-refractivity contribution in [2.75, 3.05) is 0 Å². The number of furan rings is 1. The van der Waals surface area contributed by atoms with Crippen LogP contribution in [-0.4, -0.2) is 10.3 Å². The van der Waals surface area contributed by atoms with Crippen molar-refractivity contribution in [1.29, 1.82) is 5.41 Å². The summed E-state index contributed by atoms with van der Waals surface area (Å²) in [5.74, 6) is 0. The van der Waals surface area contributed by atoms with Crippen LogP contribution in [0.5, 0.6) is 0 Å². The molecule has 10 rings (SSSR count). The number of aromatic nitrogens is 1. The normalized spacial score (nSPS) is 12.1. The number of nitrogens with one attached hydrogen (secondary N) is 1. The number of rotatable bonds is 7. The van der Waals surface area contributed by atoms with Crippen LogP contribution in [0.1, 0.15) is 23.6 Å². The summed E-state index contributed by atoms with van der Waals surface area (Å²) in [5, 5.41) is 14.2. The van der Waals surface area contributed by atoms with E-state index in [0.29, 0.717) is 5.71 Å². The second-order valence-electron chi connectivity index (χ2n) is 14.0. The standard InChI is InChI=1S/C52H36N2O/c1-34(35-17-6-2-7-18-35)48(50(53)38-23-12-5-13-24-38)44-32-31-43-42-26-16-28-46(51(42)55-52(43)49(44)37-21-10-4-11-22-37)54-45-27-15-14-25-40(45)41-30-29-39(33-47(41)54)36-19-8-3-9-20-36/h2-33,53H,1H3/b48-34+,53-50?. The molecule has 10 aromatic rings. The zero-order valence-corrected chi connectivity index (χ0v) is 30.3. The van der Waals surface area contributed by atoms with Crippen molar-refractivity contribution in [2.24, 2.45) is 0 Å². The fourth-order valence-electron chi connectivity index (χ4n) is 8.27. The number of hydrogen-bond donors (Lipinski definition) is 1. The first-order chi connectivity index (χ1) is 27.2. The average Bonchev–Trinajstić information content (AvgIpc) is 3.80. The summed E-state index contributed by atoms with van der Waals surface area (Å²) in [5.41, 5.74) is 14.5. The lowest BCUT2D eigenvalue weighted by atomic mass is 9.84. The van der Waals surface area contributed by atoms with E-state index in [1.165, 1.54) is 21.9 Å². The third kappa shape index (κ3) is 5.40. The first-order valence-corrected chi connectivity index (χ1v) is 18.7. The second kappa shape index (κ2) is 13.3. The molecule has 0 aliphatic heterocycles. The predicted molar refractivity (Wildman–Crippen MR) is 231 cm³/mol. The van der Waals surface area contributed by atoms with E-state index in [2.05, 4.69) is 163 Å². The van der Waals surface area contributed by atoms with Gasteiger partial charge in [-0.15, -0.1) is 0 Å². The zero-order valence-electron chi connectivity index (χ0n) is 30.3. The summed E-state index contributed by atoms with van der Waals surface area (Å²) in [6.07, 6.45) is 0. The van der Waals surface area contributed by atoms with E-state index in [1.807, 2.05) is 42.5 Å². The fraction of sp³-hybridized carbons (Fsp3) is 0.0192. The Bertz CT molecular complexity index is 3080. The highest BCUT2D eigenvalue weighted by Gasteiger charge is 2.25. The molecule has 0 unspecified atom stereocenters. The molecule has 0 spiro atoms. The fourth-order valence-corrected chi connectivity index (χ4v) is 8.27. The van der Waals surface area contributed by atoms with Crippen molar-refractivity contribution in [3.05, 3.63) is 211 Å². The van der Waals surface area contributed by atoms with Gasteiger partial charge in [0.25, 0.3) is 0 Å². The Labute approximate surface area is 319 Å². The average molecular weight is 705 g/mol. The molecule has 0 saturated carbocycles. The molecule has 0 aliphatic carbocycles. The van der Waals surface area contributed by atoms with Gasteiger partial charge in [-0.1, -0.05) is 170 Å². The minimum Gasteiger partial charge on any atom is -0.453 e. The summed E-state index contributed by atoms with van der Waals surface area (Å²) < 4.78 is 9.62. The molecule has 55 heavy (non-hydrogen) atoms. The van der Waals surface area contributed by atoms with Gasteiger partial charge in [0.05, 0.1) is 22.4 Å². The second-order valence-corrected chi connectivity index (χ2v) is 14.0. The maximum absolute atomic E-state index is 9.75. The third-order valence-electron chi connectivity index (χ3n) is 10.9. The molecule has 2 aromatic heterocycles. The van der Waals surface area contributed by atoms with E-state index >= 15 is 0 Å². The van der Waals surface area contributed by atoms with Crippen LogP contribution in [0.4, 0.5) is 0 Å². The molecular formula is C52H36N2O. The van der Waals surface area contributed by atoms with Crippen LogP contribution in [0.2, 0.25) is 0 Å². The highest BCUT2D eigenvalue weighted by molar-refractivity contribution is 6.37. The van der Waals surface area contributed by atoms with Gasteiger partial charge in [0.2, 0.25) is 0 Å². The minimum atomic E-state index is 0.467. The van der Waals surface area contributed by atoms with Gasteiger partial charge in [-0.25, -0.2) is 0 Å². The van der Waals surface area contributed by atoms with Gasteiger partial charge in [0.15, 0.2) is 5.58 Å². The van der Waals surface area contributed by atoms with Crippen molar-refractivity contribution in [3.8, 4) is 27.9 Å². The van der Waals surface area contributed by atoms with Crippen molar-refractivity contribution in [2.45, 2.75) is 6.92 Å². The lowest BCUT2D eigenvalue weighted by molar-refractivity contribution is 0.667. The molecule has 0 atom stereocenters. The number of nitrogens with zero attached hydrogens (tertiary/aromatic N) is 1. The van der Waals surface area contributed by atoms with Gasteiger partial charge < -0.3 is 8.98 Å². The molecule has 1 N–H and O–H groups in total. The van der Waals surface area contributed by atoms with Crippen LogP contribution in [0.3, 0.4) is 0 Å². The monoisotopic (exact) mass is 704 g/mol. The largest absolute Gasteiger partial charge is 0.453 e. The number of benzene rings is 8. The van der Waals surface area contributed by atoms with Gasteiger partial charge in [-0.2, -0.15) is 0 Å². The van der Waals surface area contributed by atoms with Gasteiger partial charge in [-0.05, 0) is 64.6 Å². The quantitative estimate of drug-likeness (QED) is 0.130. The number of fused-ring (bicyclic) bond motifs is 6. The first kappa shape index (κ1) is 32.4. The zero-order chi connectivity index (χ0) is 36.9. The van der Waals surface area contributed by atoms with Crippen LogP contribution < -0.4 is 0 Å². The Morgan fingerprint density at radius 1 is 0.455 bits per heavy atom. The Balaban J connectivity index is 1.28. The van der Waals surface area contributed by atoms with Crippen molar-refractivity contribution in [3.63, 3.8) is 0 Å². The van der Waals surface area contributed by atoms with Gasteiger partial charge in [0, 0.05) is 38.2 Å². The molecule has 3 nitrogen and oxygen atoms in total. The molecule has 3 heteroatoms. The van der Waals surface area contributed by atoms with Crippen LogP contribution in [0, 0.1) is 5.41 Å². The van der Waals surface area contributed by atoms with Crippen LogP contribution >= 0.6 is 0 Å². The lowest BCUT2D eigenvalue weighted by Gasteiger charge is -2.19. The molecule has 0 radical (unpaired) electrons. The Morgan fingerprint density at radius 3 is 1.75 bits per heavy atom. The smallest absolute Gasteiger partial charge is 0.159 e. The van der Waals surface area contributed by atoms with Crippen LogP contribution in [0.25, 0.3) is 82.8 Å². The molecular weight excluding hydrogens is 669 g/mol. The molecule has 0 amide bonds. The predicted octanol–water partition coefficient (Wildman–Crippen LogP) is 14.0. The SMILES string of the molecule is C/C(=C(\C(=N)c1ccccc1)c1ccc2c(oc3c(-n4c5ccccc5c5ccc(-c6ccccc6)cc54)cccc32)c1-c1ccccc1)c1ccccc1. The molecule has 0 bridgehead atoms. The van der Waals surface area contributed by atoms with Crippen molar-refractivity contribution in [1.82, 2.24) is 4.57 Å². The third-order valence-corrected chi connectivity index (χ3v) is 10.9. The summed E-state index contributed by atoms with van der Waals surface area (Å²) in [6, 6.07) is 67.7. The van der Waals surface area contributed by atoms with E-state index in [0.717, 1.165) is 77.6 Å². The molecule has 0 fully saturated rings. The van der Waals surface area contributed by atoms with Crippen molar-refractivity contribution >= 4 is 60.6 Å². The van der Waals surface area contributed by atoms with E-state index < -0.39 is 0 Å².